The summed E-state index contributed by atoms with van der Waals surface area (Å²) in [6, 6.07) is 20.8. The summed E-state index contributed by atoms with van der Waals surface area (Å²) >= 11 is 0. The van der Waals surface area contributed by atoms with Crippen LogP contribution >= 0.6 is 0 Å². The Kier molecular flexibility index (Phi) is 7.40. The Balaban J connectivity index is 1.60. The third kappa shape index (κ3) is 5.09. The molecular formula is C28H33NO4. The molecule has 0 saturated carbocycles. The van der Waals surface area contributed by atoms with Gasteiger partial charge in [-0.3, -0.25) is 4.90 Å². The predicted molar refractivity (Wildman–Crippen MR) is 132 cm³/mol. The average Bonchev–Trinajstić information content (AvgIpc) is 3.08. The fourth-order valence-corrected chi connectivity index (χ4v) is 4.47. The molecule has 174 valence electrons. The first kappa shape index (κ1) is 23.0. The van der Waals surface area contributed by atoms with Crippen molar-refractivity contribution >= 4 is 0 Å². The zero-order valence-electron chi connectivity index (χ0n) is 20.0. The summed E-state index contributed by atoms with van der Waals surface area (Å²) in [7, 11) is 5.01. The summed E-state index contributed by atoms with van der Waals surface area (Å²) in [4.78, 5) is 2.47. The van der Waals surface area contributed by atoms with Gasteiger partial charge in [-0.1, -0.05) is 49.4 Å². The Hall–Kier alpha value is -3.18. The number of ether oxygens (including phenoxy) is 4. The van der Waals surface area contributed by atoms with E-state index in [0.29, 0.717) is 24.0 Å². The van der Waals surface area contributed by atoms with Crippen LogP contribution < -0.4 is 18.9 Å². The van der Waals surface area contributed by atoms with Gasteiger partial charge < -0.3 is 18.9 Å². The molecule has 1 heterocycles. The third-order valence-corrected chi connectivity index (χ3v) is 6.36. The second-order valence-corrected chi connectivity index (χ2v) is 8.43. The Labute approximate surface area is 196 Å². The quantitative estimate of drug-likeness (QED) is 0.439. The van der Waals surface area contributed by atoms with Gasteiger partial charge in [-0.25, -0.2) is 0 Å². The molecule has 0 radical (unpaired) electrons. The molecule has 1 unspecified atom stereocenters. The van der Waals surface area contributed by atoms with Crippen LogP contribution in [-0.2, 0) is 6.54 Å². The summed E-state index contributed by atoms with van der Waals surface area (Å²) in [5, 5.41) is 0. The molecule has 0 saturated heterocycles. The average molecular weight is 448 g/mol. The highest BCUT2D eigenvalue weighted by Gasteiger charge is 2.22. The van der Waals surface area contributed by atoms with E-state index >= 15 is 0 Å². The molecule has 0 N–H and O–H groups in total. The maximum atomic E-state index is 6.16. The first-order valence-corrected chi connectivity index (χ1v) is 11.5. The smallest absolute Gasteiger partial charge is 0.168 e. The highest BCUT2D eigenvalue weighted by atomic mass is 16.5. The third-order valence-electron chi connectivity index (χ3n) is 6.36. The van der Waals surface area contributed by atoms with E-state index in [2.05, 4.69) is 48.2 Å². The van der Waals surface area contributed by atoms with E-state index in [4.69, 9.17) is 18.9 Å². The van der Waals surface area contributed by atoms with Crippen LogP contribution in [0.4, 0.5) is 0 Å². The topological polar surface area (TPSA) is 40.2 Å². The lowest BCUT2D eigenvalue weighted by atomic mass is 9.97. The molecule has 0 amide bonds. The van der Waals surface area contributed by atoms with Gasteiger partial charge >= 0.3 is 0 Å². The first-order chi connectivity index (χ1) is 16.1. The number of nitrogens with zero attached hydrogens (tertiary/aromatic N) is 1. The van der Waals surface area contributed by atoms with Crippen LogP contribution in [0.25, 0.3) is 11.1 Å². The normalized spacial score (nSPS) is 14.5. The van der Waals surface area contributed by atoms with Gasteiger partial charge in [0.2, 0.25) is 0 Å². The lowest BCUT2D eigenvalue weighted by molar-refractivity contribution is 0.218. The van der Waals surface area contributed by atoms with Crippen LogP contribution in [0.2, 0.25) is 0 Å². The fraction of sp³-hybridized carbons (Fsp3) is 0.357. The van der Waals surface area contributed by atoms with E-state index < -0.39 is 0 Å². The molecular weight excluding hydrogens is 414 g/mol. The summed E-state index contributed by atoms with van der Waals surface area (Å²) < 4.78 is 23.1. The Morgan fingerprint density at radius 1 is 0.909 bits per heavy atom. The van der Waals surface area contributed by atoms with E-state index in [0.717, 1.165) is 54.2 Å². The highest BCUT2D eigenvalue weighted by Crippen LogP contribution is 2.43. The van der Waals surface area contributed by atoms with Crippen LogP contribution in [0, 0.1) is 0 Å². The Morgan fingerprint density at radius 2 is 1.70 bits per heavy atom. The van der Waals surface area contributed by atoms with Gasteiger partial charge in [0, 0.05) is 24.2 Å². The minimum absolute atomic E-state index is 0.511. The van der Waals surface area contributed by atoms with Gasteiger partial charge in [-0.2, -0.15) is 0 Å². The molecule has 5 nitrogen and oxygen atoms in total. The minimum atomic E-state index is 0.511. The second kappa shape index (κ2) is 10.6. The van der Waals surface area contributed by atoms with Crippen molar-refractivity contribution in [2.24, 2.45) is 0 Å². The van der Waals surface area contributed by atoms with Crippen molar-refractivity contribution in [2.45, 2.75) is 25.8 Å². The van der Waals surface area contributed by atoms with Crippen molar-refractivity contribution in [1.29, 1.82) is 0 Å². The summed E-state index contributed by atoms with van der Waals surface area (Å²) in [5.74, 6) is 3.51. The van der Waals surface area contributed by atoms with E-state index in [1.807, 2.05) is 24.3 Å². The van der Waals surface area contributed by atoms with Crippen molar-refractivity contribution in [3.63, 3.8) is 0 Å². The predicted octanol–water partition coefficient (Wildman–Crippen LogP) is 5.77. The maximum Gasteiger partial charge on any atom is 0.168 e. The minimum Gasteiger partial charge on any atom is -0.493 e. The van der Waals surface area contributed by atoms with Gasteiger partial charge in [-0.05, 0) is 48.2 Å². The van der Waals surface area contributed by atoms with Gasteiger partial charge in [-0.15, -0.1) is 0 Å². The zero-order chi connectivity index (χ0) is 23.2. The van der Waals surface area contributed by atoms with Crippen molar-refractivity contribution < 1.29 is 18.9 Å². The van der Waals surface area contributed by atoms with Crippen LogP contribution in [-0.4, -0.2) is 45.9 Å². The molecule has 1 aliphatic rings. The van der Waals surface area contributed by atoms with Crippen molar-refractivity contribution in [1.82, 2.24) is 4.90 Å². The summed E-state index contributed by atoms with van der Waals surface area (Å²) in [5.41, 5.74) is 4.49. The second-order valence-electron chi connectivity index (χ2n) is 8.43. The number of benzene rings is 3. The monoisotopic (exact) mass is 447 g/mol. The molecule has 0 fully saturated rings. The molecule has 1 aliphatic heterocycles. The number of para-hydroxylation sites is 1. The van der Waals surface area contributed by atoms with Gasteiger partial charge in [0.05, 0.1) is 21.3 Å². The molecule has 3 aromatic carbocycles. The summed E-state index contributed by atoms with van der Waals surface area (Å²) in [6.45, 7) is 5.65. The first-order valence-electron chi connectivity index (χ1n) is 11.5. The van der Waals surface area contributed by atoms with Crippen LogP contribution in [0.15, 0.2) is 60.7 Å². The molecule has 1 atom stereocenters. The van der Waals surface area contributed by atoms with E-state index in [1.165, 1.54) is 5.56 Å². The molecule has 5 heteroatoms. The molecule has 33 heavy (non-hydrogen) atoms. The number of methoxy groups -OCH3 is 3. The molecule has 0 aliphatic carbocycles. The van der Waals surface area contributed by atoms with E-state index in [1.54, 1.807) is 21.3 Å². The Morgan fingerprint density at radius 3 is 2.42 bits per heavy atom. The van der Waals surface area contributed by atoms with Crippen molar-refractivity contribution in [2.75, 3.05) is 41.0 Å². The lowest BCUT2D eigenvalue weighted by Gasteiger charge is -2.22. The molecule has 4 rings (SSSR count). The molecule has 0 bridgehead atoms. The zero-order valence-corrected chi connectivity index (χ0v) is 20.0. The Bertz CT molecular complexity index is 1070. The van der Waals surface area contributed by atoms with E-state index in [9.17, 15) is 0 Å². The van der Waals surface area contributed by atoms with Crippen LogP contribution in [0.3, 0.4) is 0 Å². The number of rotatable bonds is 8. The SMILES string of the molecule is COc1cc(-c2cccc(OC)c2OC)cc2c1OCCN(CCC(C)c1ccccc1)C2. The molecule has 0 aromatic heterocycles. The van der Waals surface area contributed by atoms with Crippen LogP contribution in [0.1, 0.15) is 30.4 Å². The van der Waals surface area contributed by atoms with Gasteiger partial charge in [0.25, 0.3) is 0 Å². The van der Waals surface area contributed by atoms with Gasteiger partial charge in [0.15, 0.2) is 23.0 Å². The molecule has 0 spiro atoms. The lowest BCUT2D eigenvalue weighted by Crippen LogP contribution is -2.27. The van der Waals surface area contributed by atoms with Crippen LogP contribution in [0.5, 0.6) is 23.0 Å². The van der Waals surface area contributed by atoms with Crippen molar-refractivity contribution in [3.05, 3.63) is 71.8 Å². The highest BCUT2D eigenvalue weighted by molar-refractivity contribution is 5.77. The number of hydrogen-bond acceptors (Lipinski definition) is 5. The van der Waals surface area contributed by atoms with Crippen molar-refractivity contribution in [3.8, 4) is 34.1 Å². The van der Waals surface area contributed by atoms with Gasteiger partial charge in [0.1, 0.15) is 6.61 Å². The molecule has 3 aromatic rings. The maximum absolute atomic E-state index is 6.16. The standard InChI is InChI=1S/C28H33NO4/c1-20(21-9-6-5-7-10-21)13-14-29-15-16-33-27-23(19-29)17-22(18-26(27)31-3)24-11-8-12-25(30-2)28(24)32-4/h5-12,17-18,20H,13-16,19H2,1-4H3. The summed E-state index contributed by atoms with van der Waals surface area (Å²) in [6.07, 6.45) is 1.10. The largest absolute Gasteiger partial charge is 0.493 e. The fourth-order valence-electron chi connectivity index (χ4n) is 4.47. The number of hydrogen-bond donors (Lipinski definition) is 0. The van der Waals surface area contributed by atoms with E-state index in [-0.39, 0.29) is 0 Å². The number of fused-ring (bicyclic) bond motifs is 1.